The van der Waals surface area contributed by atoms with Crippen LogP contribution in [0, 0.1) is 5.92 Å². The Hall–Kier alpha value is -0.350. The number of benzene rings is 1. The van der Waals surface area contributed by atoms with Gasteiger partial charge in [-0.15, -0.1) is 0 Å². The maximum Gasteiger partial charge on any atom is 0.254 e. The van der Waals surface area contributed by atoms with Gasteiger partial charge in [0.05, 0.1) is 5.56 Å². The molecule has 0 saturated carbocycles. The van der Waals surface area contributed by atoms with E-state index in [0.29, 0.717) is 0 Å². The van der Waals surface area contributed by atoms with Crippen molar-refractivity contribution in [1.29, 1.82) is 0 Å². The van der Waals surface area contributed by atoms with Crippen molar-refractivity contribution in [2.24, 2.45) is 5.92 Å². The number of piperidine rings is 1. The molecule has 2 nitrogen and oxygen atoms in total. The standard InChI is InChI=1S/C15H19Br2NO/c1-2-3-11-6-8-18(9-7-11)15(19)13-5-4-12(16)10-14(13)17/h4-5,10-11H,2-3,6-9H2,1H3. The Bertz CT molecular complexity index is 453. The van der Waals surface area contributed by atoms with E-state index in [4.69, 9.17) is 0 Å². The molecule has 4 heteroatoms. The van der Waals surface area contributed by atoms with Crippen LogP contribution in [0.4, 0.5) is 0 Å². The monoisotopic (exact) mass is 387 g/mol. The Morgan fingerprint density at radius 1 is 1.32 bits per heavy atom. The van der Waals surface area contributed by atoms with Crippen LogP contribution in [0.15, 0.2) is 27.1 Å². The van der Waals surface area contributed by atoms with Crippen molar-refractivity contribution in [3.8, 4) is 0 Å². The molecule has 1 aromatic rings. The summed E-state index contributed by atoms with van der Waals surface area (Å²) >= 11 is 6.89. The summed E-state index contributed by atoms with van der Waals surface area (Å²) in [5.74, 6) is 0.955. The smallest absolute Gasteiger partial charge is 0.254 e. The van der Waals surface area contributed by atoms with Crippen LogP contribution in [0.25, 0.3) is 0 Å². The SMILES string of the molecule is CCCC1CCN(C(=O)c2ccc(Br)cc2Br)CC1. The van der Waals surface area contributed by atoms with Gasteiger partial charge in [0.1, 0.15) is 0 Å². The second kappa shape index (κ2) is 6.89. The fourth-order valence-electron chi connectivity index (χ4n) is 2.67. The van der Waals surface area contributed by atoms with Gasteiger partial charge >= 0.3 is 0 Å². The Labute approximate surface area is 131 Å². The molecule has 1 aliphatic heterocycles. The number of hydrogen-bond acceptors (Lipinski definition) is 1. The summed E-state index contributed by atoms with van der Waals surface area (Å²) in [6.07, 6.45) is 4.84. The molecule has 0 atom stereocenters. The Morgan fingerprint density at radius 2 is 2.00 bits per heavy atom. The number of rotatable bonds is 3. The first kappa shape index (κ1) is 15.0. The summed E-state index contributed by atoms with van der Waals surface area (Å²) in [6.45, 7) is 4.02. The molecular formula is C15H19Br2NO. The van der Waals surface area contributed by atoms with Gasteiger partial charge in [-0.05, 0) is 52.9 Å². The molecule has 0 radical (unpaired) electrons. The van der Waals surface area contributed by atoms with Crippen molar-refractivity contribution in [2.75, 3.05) is 13.1 Å². The lowest BCUT2D eigenvalue weighted by molar-refractivity contribution is 0.0685. The molecule has 1 saturated heterocycles. The highest BCUT2D eigenvalue weighted by Gasteiger charge is 2.24. The highest BCUT2D eigenvalue weighted by Crippen LogP contribution is 2.26. The van der Waals surface area contributed by atoms with E-state index in [2.05, 4.69) is 38.8 Å². The van der Waals surface area contributed by atoms with Gasteiger partial charge in [0.15, 0.2) is 0 Å². The quantitative estimate of drug-likeness (QED) is 0.723. The van der Waals surface area contributed by atoms with Gasteiger partial charge in [-0.1, -0.05) is 35.7 Å². The molecule has 0 aliphatic carbocycles. The minimum atomic E-state index is 0.148. The third-order valence-electron chi connectivity index (χ3n) is 3.76. The summed E-state index contributed by atoms with van der Waals surface area (Å²) in [4.78, 5) is 14.5. The molecule has 1 heterocycles. The number of carbonyl (C=O) groups is 1. The van der Waals surface area contributed by atoms with Crippen molar-refractivity contribution in [1.82, 2.24) is 4.90 Å². The molecule has 0 N–H and O–H groups in total. The fraction of sp³-hybridized carbons (Fsp3) is 0.533. The van der Waals surface area contributed by atoms with Gasteiger partial charge in [0.2, 0.25) is 0 Å². The van der Waals surface area contributed by atoms with Gasteiger partial charge < -0.3 is 4.90 Å². The van der Waals surface area contributed by atoms with Crippen molar-refractivity contribution in [3.63, 3.8) is 0 Å². The maximum atomic E-state index is 12.5. The predicted molar refractivity (Wildman–Crippen MR) is 85.4 cm³/mol. The van der Waals surface area contributed by atoms with Crippen LogP contribution < -0.4 is 0 Å². The van der Waals surface area contributed by atoms with E-state index < -0.39 is 0 Å². The van der Waals surface area contributed by atoms with Gasteiger partial charge in [-0.3, -0.25) is 4.79 Å². The van der Waals surface area contributed by atoms with E-state index in [9.17, 15) is 4.79 Å². The normalized spacial score (nSPS) is 16.7. The average molecular weight is 389 g/mol. The van der Waals surface area contributed by atoms with Crippen LogP contribution in [0.1, 0.15) is 43.0 Å². The van der Waals surface area contributed by atoms with Crippen LogP contribution in [0.5, 0.6) is 0 Å². The molecule has 19 heavy (non-hydrogen) atoms. The Kier molecular flexibility index (Phi) is 5.46. The van der Waals surface area contributed by atoms with E-state index in [0.717, 1.165) is 46.4 Å². The van der Waals surface area contributed by atoms with Gasteiger partial charge in [-0.25, -0.2) is 0 Å². The van der Waals surface area contributed by atoms with E-state index in [-0.39, 0.29) is 5.91 Å². The van der Waals surface area contributed by atoms with Gasteiger partial charge in [0, 0.05) is 22.0 Å². The predicted octanol–water partition coefficient (Wildman–Crippen LogP) is 4.86. The summed E-state index contributed by atoms with van der Waals surface area (Å²) in [6, 6.07) is 5.73. The lowest BCUT2D eigenvalue weighted by Gasteiger charge is -2.32. The molecule has 0 spiro atoms. The first-order valence-corrected chi connectivity index (χ1v) is 8.44. The van der Waals surface area contributed by atoms with Crippen LogP contribution >= 0.6 is 31.9 Å². The third kappa shape index (κ3) is 3.82. The van der Waals surface area contributed by atoms with E-state index in [1.807, 2.05) is 23.1 Å². The lowest BCUT2D eigenvalue weighted by Crippen LogP contribution is -2.38. The van der Waals surface area contributed by atoms with Crippen molar-refractivity contribution in [2.45, 2.75) is 32.6 Å². The van der Waals surface area contributed by atoms with Crippen LogP contribution in [-0.2, 0) is 0 Å². The highest BCUT2D eigenvalue weighted by atomic mass is 79.9. The minimum absolute atomic E-state index is 0.148. The molecule has 1 aromatic carbocycles. The van der Waals surface area contributed by atoms with Crippen LogP contribution in [0.3, 0.4) is 0 Å². The Morgan fingerprint density at radius 3 is 2.58 bits per heavy atom. The number of halogens is 2. The third-order valence-corrected chi connectivity index (χ3v) is 4.91. The maximum absolute atomic E-state index is 12.5. The number of carbonyl (C=O) groups excluding carboxylic acids is 1. The van der Waals surface area contributed by atoms with Gasteiger partial charge in [-0.2, -0.15) is 0 Å². The number of hydrogen-bond donors (Lipinski definition) is 0. The summed E-state index contributed by atoms with van der Waals surface area (Å²) < 4.78 is 1.85. The van der Waals surface area contributed by atoms with Gasteiger partial charge in [0.25, 0.3) is 5.91 Å². The minimum Gasteiger partial charge on any atom is -0.339 e. The molecule has 2 rings (SSSR count). The zero-order valence-electron chi connectivity index (χ0n) is 11.2. The number of likely N-dealkylation sites (tertiary alicyclic amines) is 1. The fourth-order valence-corrected chi connectivity index (χ4v) is 3.88. The molecule has 104 valence electrons. The number of nitrogens with zero attached hydrogens (tertiary/aromatic N) is 1. The molecule has 1 amide bonds. The molecule has 1 aliphatic rings. The largest absolute Gasteiger partial charge is 0.339 e. The molecule has 0 bridgehead atoms. The van der Waals surface area contributed by atoms with Crippen LogP contribution in [0.2, 0.25) is 0 Å². The topological polar surface area (TPSA) is 20.3 Å². The first-order valence-electron chi connectivity index (χ1n) is 6.86. The summed E-state index contributed by atoms with van der Waals surface area (Å²) in [5, 5.41) is 0. The Balaban J connectivity index is 2.01. The van der Waals surface area contributed by atoms with E-state index in [1.165, 1.54) is 12.8 Å². The molecule has 0 aromatic heterocycles. The van der Waals surface area contributed by atoms with Crippen molar-refractivity contribution < 1.29 is 4.79 Å². The molecule has 0 unspecified atom stereocenters. The first-order chi connectivity index (χ1) is 9.11. The molecular weight excluding hydrogens is 370 g/mol. The lowest BCUT2D eigenvalue weighted by atomic mass is 9.92. The van der Waals surface area contributed by atoms with Crippen molar-refractivity contribution >= 4 is 37.8 Å². The second-order valence-electron chi connectivity index (χ2n) is 5.15. The average Bonchev–Trinajstić information content (AvgIpc) is 2.39. The molecule has 1 fully saturated rings. The van der Waals surface area contributed by atoms with E-state index >= 15 is 0 Å². The number of amides is 1. The van der Waals surface area contributed by atoms with Crippen LogP contribution in [-0.4, -0.2) is 23.9 Å². The zero-order valence-corrected chi connectivity index (χ0v) is 14.3. The summed E-state index contributed by atoms with van der Waals surface area (Å²) in [7, 11) is 0. The second-order valence-corrected chi connectivity index (χ2v) is 6.92. The highest BCUT2D eigenvalue weighted by molar-refractivity contribution is 9.11. The summed E-state index contributed by atoms with van der Waals surface area (Å²) in [5.41, 5.74) is 0.761. The van der Waals surface area contributed by atoms with E-state index in [1.54, 1.807) is 0 Å². The van der Waals surface area contributed by atoms with Crippen molar-refractivity contribution in [3.05, 3.63) is 32.7 Å². The zero-order chi connectivity index (χ0) is 13.8.